The van der Waals surface area contributed by atoms with Gasteiger partial charge in [-0.3, -0.25) is 9.59 Å². The Morgan fingerprint density at radius 1 is 0.921 bits per heavy atom. The quantitative estimate of drug-likeness (QED) is 0.337. The van der Waals surface area contributed by atoms with Gasteiger partial charge in [-0.25, -0.2) is 4.79 Å². The van der Waals surface area contributed by atoms with Crippen LogP contribution in [0.2, 0.25) is 5.02 Å². The molecule has 1 aliphatic heterocycles. The topological polar surface area (TPSA) is 82.9 Å². The third-order valence-corrected chi connectivity index (χ3v) is 7.02. The van der Waals surface area contributed by atoms with Crippen molar-refractivity contribution in [1.82, 2.24) is 4.90 Å². The van der Waals surface area contributed by atoms with Crippen LogP contribution in [0.1, 0.15) is 24.2 Å². The van der Waals surface area contributed by atoms with Crippen molar-refractivity contribution in [3.05, 3.63) is 93.8 Å². The number of fused-ring (bicyclic) bond motifs is 1. The predicted octanol–water partition coefficient (Wildman–Crippen LogP) is 5.67. The van der Waals surface area contributed by atoms with Crippen LogP contribution in [0.3, 0.4) is 0 Å². The van der Waals surface area contributed by atoms with Gasteiger partial charge in [0.25, 0.3) is 5.91 Å². The van der Waals surface area contributed by atoms with E-state index in [9.17, 15) is 14.4 Å². The van der Waals surface area contributed by atoms with Crippen LogP contribution in [-0.2, 0) is 4.79 Å². The smallest absolute Gasteiger partial charge is 0.344 e. The molecule has 1 aliphatic rings. The SMILES string of the molecule is CC(C)C(=O)N1CCN(c2c(Cl)cccc2NC(=O)c2cccc(-c3cc4ccccc4oc3=O)c2)CC1. The highest BCUT2D eigenvalue weighted by molar-refractivity contribution is 6.34. The van der Waals surface area contributed by atoms with Crippen molar-refractivity contribution in [3.63, 3.8) is 0 Å². The molecule has 3 aromatic carbocycles. The number of hydrogen-bond donors (Lipinski definition) is 1. The molecule has 2 amide bonds. The molecule has 0 bridgehead atoms. The van der Waals surface area contributed by atoms with Gasteiger partial charge in [0.2, 0.25) is 5.91 Å². The highest BCUT2D eigenvalue weighted by Crippen LogP contribution is 2.35. The second-order valence-corrected chi connectivity index (χ2v) is 10.0. The van der Waals surface area contributed by atoms with Crippen LogP contribution in [0.5, 0.6) is 0 Å². The molecule has 5 rings (SSSR count). The summed E-state index contributed by atoms with van der Waals surface area (Å²) in [4.78, 5) is 42.3. The normalized spacial score (nSPS) is 13.7. The minimum atomic E-state index is -0.464. The Morgan fingerprint density at radius 3 is 2.42 bits per heavy atom. The van der Waals surface area contributed by atoms with Crippen LogP contribution in [0.15, 0.2) is 82.0 Å². The minimum absolute atomic E-state index is 0.0477. The van der Waals surface area contributed by atoms with Crippen molar-refractivity contribution in [2.24, 2.45) is 5.92 Å². The van der Waals surface area contributed by atoms with Gasteiger partial charge in [-0.15, -0.1) is 0 Å². The fraction of sp³-hybridized carbons (Fsp3) is 0.233. The summed E-state index contributed by atoms with van der Waals surface area (Å²) in [6.45, 7) is 6.20. The van der Waals surface area contributed by atoms with Crippen molar-refractivity contribution in [1.29, 1.82) is 0 Å². The number of nitrogens with zero attached hydrogens (tertiary/aromatic N) is 2. The molecule has 0 radical (unpaired) electrons. The molecule has 0 aliphatic carbocycles. The van der Waals surface area contributed by atoms with E-state index in [2.05, 4.69) is 10.2 Å². The highest BCUT2D eigenvalue weighted by atomic mass is 35.5. The van der Waals surface area contributed by atoms with E-state index in [0.717, 1.165) is 11.1 Å². The number of piperazine rings is 1. The summed E-state index contributed by atoms with van der Waals surface area (Å²) < 4.78 is 5.47. The van der Waals surface area contributed by atoms with E-state index in [-0.39, 0.29) is 17.7 Å². The van der Waals surface area contributed by atoms with Crippen LogP contribution in [0.4, 0.5) is 11.4 Å². The average molecular weight is 530 g/mol. The summed E-state index contributed by atoms with van der Waals surface area (Å²) in [7, 11) is 0. The number of carbonyl (C=O) groups excluding carboxylic acids is 2. The number of hydrogen-bond acceptors (Lipinski definition) is 5. The van der Waals surface area contributed by atoms with Gasteiger partial charge < -0.3 is 19.5 Å². The molecule has 0 spiro atoms. The molecule has 1 saturated heterocycles. The molecule has 7 nitrogen and oxygen atoms in total. The zero-order valence-electron chi connectivity index (χ0n) is 21.2. The lowest BCUT2D eigenvalue weighted by atomic mass is 10.0. The Labute approximate surface area is 225 Å². The van der Waals surface area contributed by atoms with E-state index in [4.69, 9.17) is 16.0 Å². The number of halogens is 1. The molecule has 1 fully saturated rings. The molecule has 0 atom stereocenters. The fourth-order valence-corrected chi connectivity index (χ4v) is 5.03. The number of amides is 2. The van der Waals surface area contributed by atoms with Gasteiger partial charge in [-0.05, 0) is 42.0 Å². The van der Waals surface area contributed by atoms with Crippen molar-refractivity contribution in [3.8, 4) is 11.1 Å². The van der Waals surface area contributed by atoms with Gasteiger partial charge in [-0.1, -0.05) is 61.8 Å². The van der Waals surface area contributed by atoms with E-state index < -0.39 is 5.63 Å². The summed E-state index contributed by atoms with van der Waals surface area (Å²) in [5, 5.41) is 4.32. The molecule has 1 N–H and O–H groups in total. The number of anilines is 2. The second-order valence-electron chi connectivity index (χ2n) is 9.62. The molecule has 0 unspecified atom stereocenters. The number of rotatable bonds is 5. The molecular formula is C30H28ClN3O4. The van der Waals surface area contributed by atoms with Crippen molar-refractivity contribution < 1.29 is 14.0 Å². The van der Waals surface area contributed by atoms with E-state index in [1.807, 2.05) is 43.0 Å². The van der Waals surface area contributed by atoms with Crippen molar-refractivity contribution in [2.75, 3.05) is 36.4 Å². The number of carbonyl (C=O) groups is 2. The molecule has 0 saturated carbocycles. The van der Waals surface area contributed by atoms with Crippen molar-refractivity contribution in [2.45, 2.75) is 13.8 Å². The summed E-state index contributed by atoms with van der Waals surface area (Å²) >= 11 is 6.59. The Morgan fingerprint density at radius 2 is 1.66 bits per heavy atom. The third kappa shape index (κ3) is 5.15. The molecule has 194 valence electrons. The van der Waals surface area contributed by atoms with E-state index >= 15 is 0 Å². The summed E-state index contributed by atoms with van der Waals surface area (Å²) in [6.07, 6.45) is 0. The van der Waals surface area contributed by atoms with E-state index in [0.29, 0.717) is 59.2 Å². The van der Waals surface area contributed by atoms with E-state index in [1.54, 1.807) is 48.5 Å². The number of nitrogens with one attached hydrogen (secondary N) is 1. The Balaban J connectivity index is 1.38. The van der Waals surface area contributed by atoms with Crippen molar-refractivity contribution >= 4 is 45.8 Å². The van der Waals surface area contributed by atoms with Crippen LogP contribution in [-0.4, -0.2) is 42.9 Å². The monoisotopic (exact) mass is 529 g/mol. The number of para-hydroxylation sites is 2. The van der Waals surface area contributed by atoms with Crippen LogP contribution in [0.25, 0.3) is 22.1 Å². The summed E-state index contributed by atoms with van der Waals surface area (Å²) in [5.41, 5.74) is 2.73. The zero-order valence-corrected chi connectivity index (χ0v) is 22.0. The van der Waals surface area contributed by atoms with Gasteiger partial charge >= 0.3 is 5.63 Å². The zero-order chi connectivity index (χ0) is 26.8. The Hall–Kier alpha value is -4.10. The van der Waals surface area contributed by atoms with Crippen LogP contribution < -0.4 is 15.8 Å². The first-order chi connectivity index (χ1) is 18.3. The average Bonchev–Trinajstić information content (AvgIpc) is 2.92. The lowest BCUT2D eigenvalue weighted by Crippen LogP contribution is -2.50. The maximum absolute atomic E-state index is 13.3. The second kappa shape index (κ2) is 10.7. The Kier molecular flexibility index (Phi) is 7.20. The standard InChI is InChI=1S/C30H28ClN3O4/c1-19(2)29(36)34-15-13-33(14-16-34)27-24(31)10-6-11-25(27)32-28(35)22-9-5-8-20(17-22)23-18-21-7-3-4-12-26(21)38-30(23)37/h3-12,17-19H,13-16H2,1-2H3,(H,32,35). The lowest BCUT2D eigenvalue weighted by Gasteiger charge is -2.38. The summed E-state index contributed by atoms with van der Waals surface area (Å²) in [6, 6.07) is 21.4. The van der Waals surface area contributed by atoms with Crippen LogP contribution in [0, 0.1) is 5.92 Å². The molecule has 4 aromatic rings. The highest BCUT2D eigenvalue weighted by Gasteiger charge is 2.26. The largest absolute Gasteiger partial charge is 0.422 e. The summed E-state index contributed by atoms with van der Waals surface area (Å²) in [5.74, 6) is -0.236. The first-order valence-electron chi connectivity index (χ1n) is 12.6. The molecule has 38 heavy (non-hydrogen) atoms. The van der Waals surface area contributed by atoms with Gasteiger partial charge in [0.15, 0.2) is 0 Å². The fourth-order valence-electron chi connectivity index (χ4n) is 4.74. The molecular weight excluding hydrogens is 502 g/mol. The van der Waals surface area contributed by atoms with Gasteiger partial charge in [-0.2, -0.15) is 0 Å². The molecule has 2 heterocycles. The molecule has 8 heteroatoms. The molecule has 1 aromatic heterocycles. The first kappa shape index (κ1) is 25.5. The van der Waals surface area contributed by atoms with Gasteiger partial charge in [0.05, 0.1) is 22.0 Å². The first-order valence-corrected chi connectivity index (χ1v) is 13.0. The predicted molar refractivity (Wildman–Crippen MR) is 151 cm³/mol. The number of benzene rings is 3. The Bertz CT molecular complexity index is 1570. The third-order valence-electron chi connectivity index (χ3n) is 6.71. The van der Waals surface area contributed by atoms with Crippen LogP contribution >= 0.6 is 11.6 Å². The minimum Gasteiger partial charge on any atom is -0.422 e. The maximum Gasteiger partial charge on any atom is 0.344 e. The van der Waals surface area contributed by atoms with Gasteiger partial charge in [0.1, 0.15) is 5.58 Å². The maximum atomic E-state index is 13.3. The van der Waals surface area contributed by atoms with E-state index in [1.165, 1.54) is 0 Å². The van der Waals surface area contributed by atoms with Gasteiger partial charge in [0, 0.05) is 43.0 Å². The lowest BCUT2D eigenvalue weighted by molar-refractivity contribution is -0.134.